The summed E-state index contributed by atoms with van der Waals surface area (Å²) in [6, 6.07) is 4.73. The molecule has 0 saturated heterocycles. The molecule has 1 aromatic heterocycles. The van der Waals surface area contributed by atoms with Crippen LogP contribution in [-0.2, 0) is 10.0 Å². The van der Waals surface area contributed by atoms with Gasteiger partial charge in [-0.2, -0.15) is 0 Å². The smallest absolute Gasteiger partial charge is 0.232 e. The van der Waals surface area contributed by atoms with Crippen molar-refractivity contribution in [3.8, 4) is 0 Å². The standard InChI is InChI=1S/C17H13ClF2N2O4S/c1-2-5-27(24,25)22-12-7-10(19)16(20)14(15(12)18)17(23)9-3-4-13-11(6-9)21-8-26-13/h3-4,6-8,22H,2,5H2,1H3. The lowest BCUT2D eigenvalue weighted by Gasteiger charge is -2.13. The number of fused-ring (bicyclic) bond motifs is 1. The Morgan fingerprint density at radius 2 is 2.04 bits per heavy atom. The zero-order chi connectivity index (χ0) is 19.8. The third-order valence-corrected chi connectivity index (χ3v) is 5.58. The maximum Gasteiger partial charge on any atom is 0.232 e. The number of carbonyl (C=O) groups is 1. The summed E-state index contributed by atoms with van der Waals surface area (Å²) in [5.74, 6) is -4.03. The molecule has 0 fully saturated rings. The van der Waals surface area contributed by atoms with Gasteiger partial charge in [-0.3, -0.25) is 9.52 Å². The highest BCUT2D eigenvalue weighted by Crippen LogP contribution is 2.33. The number of anilines is 1. The molecule has 0 radical (unpaired) electrons. The van der Waals surface area contributed by atoms with Crippen LogP contribution in [0.25, 0.3) is 11.1 Å². The molecule has 3 rings (SSSR count). The number of oxazole rings is 1. The van der Waals surface area contributed by atoms with Gasteiger partial charge in [0.25, 0.3) is 0 Å². The summed E-state index contributed by atoms with van der Waals surface area (Å²) < 4.78 is 59.3. The van der Waals surface area contributed by atoms with Gasteiger partial charge in [0.15, 0.2) is 29.4 Å². The molecule has 6 nitrogen and oxygen atoms in total. The molecule has 10 heteroatoms. The van der Waals surface area contributed by atoms with Crippen LogP contribution in [0.2, 0.25) is 5.02 Å². The van der Waals surface area contributed by atoms with Gasteiger partial charge in [0.1, 0.15) is 5.52 Å². The Bertz CT molecular complexity index is 1150. The molecular formula is C17H13ClF2N2O4S. The Balaban J connectivity index is 2.09. The van der Waals surface area contributed by atoms with E-state index in [2.05, 4.69) is 9.71 Å². The summed E-state index contributed by atoms with van der Waals surface area (Å²) in [6.07, 6.45) is 1.48. The highest BCUT2D eigenvalue weighted by atomic mass is 35.5. The van der Waals surface area contributed by atoms with Crippen molar-refractivity contribution in [3.63, 3.8) is 0 Å². The average Bonchev–Trinajstić information content (AvgIpc) is 3.07. The third kappa shape index (κ3) is 3.79. The first-order valence-corrected chi connectivity index (χ1v) is 9.82. The van der Waals surface area contributed by atoms with E-state index in [1.165, 1.54) is 24.6 Å². The summed E-state index contributed by atoms with van der Waals surface area (Å²) in [5.41, 5.74) is -0.434. The normalized spacial score (nSPS) is 11.7. The van der Waals surface area contributed by atoms with E-state index in [1.807, 2.05) is 0 Å². The van der Waals surface area contributed by atoms with Crippen molar-refractivity contribution in [3.05, 3.63) is 58.4 Å². The van der Waals surface area contributed by atoms with E-state index in [0.29, 0.717) is 23.6 Å². The molecule has 2 aromatic carbocycles. The van der Waals surface area contributed by atoms with Gasteiger partial charge in [0.2, 0.25) is 10.0 Å². The average molecular weight is 415 g/mol. The number of carbonyl (C=O) groups excluding carboxylic acids is 1. The SMILES string of the molecule is CCCS(=O)(=O)Nc1cc(F)c(F)c(C(=O)c2ccc3ocnc3c2)c1Cl. The largest absolute Gasteiger partial charge is 0.443 e. The van der Waals surface area contributed by atoms with Crippen molar-refractivity contribution >= 4 is 44.2 Å². The first kappa shape index (κ1) is 19.2. The van der Waals surface area contributed by atoms with Crippen LogP contribution in [0.4, 0.5) is 14.5 Å². The lowest BCUT2D eigenvalue weighted by molar-refractivity contribution is 0.103. The second-order valence-corrected chi connectivity index (χ2v) is 7.91. The Morgan fingerprint density at radius 3 is 2.74 bits per heavy atom. The molecule has 0 amide bonds. The van der Waals surface area contributed by atoms with Gasteiger partial charge in [-0.15, -0.1) is 0 Å². The second-order valence-electron chi connectivity index (χ2n) is 5.69. The molecule has 0 spiro atoms. The number of hydrogen-bond donors (Lipinski definition) is 1. The highest BCUT2D eigenvalue weighted by Gasteiger charge is 2.26. The predicted molar refractivity (Wildman–Crippen MR) is 96.5 cm³/mol. The van der Waals surface area contributed by atoms with Crippen molar-refractivity contribution in [2.75, 3.05) is 10.5 Å². The van der Waals surface area contributed by atoms with Gasteiger partial charge < -0.3 is 4.42 Å². The van der Waals surface area contributed by atoms with Crippen molar-refractivity contribution in [2.45, 2.75) is 13.3 Å². The van der Waals surface area contributed by atoms with E-state index in [9.17, 15) is 22.0 Å². The Kier molecular flexibility index (Phi) is 5.16. The molecule has 27 heavy (non-hydrogen) atoms. The number of rotatable bonds is 6. The first-order valence-electron chi connectivity index (χ1n) is 7.79. The molecule has 0 aliphatic carbocycles. The van der Waals surface area contributed by atoms with Gasteiger partial charge in [-0.05, 0) is 24.6 Å². The summed E-state index contributed by atoms with van der Waals surface area (Å²) in [5, 5.41) is -0.529. The quantitative estimate of drug-likeness (QED) is 0.483. The lowest BCUT2D eigenvalue weighted by atomic mass is 10.0. The van der Waals surface area contributed by atoms with Gasteiger partial charge in [-0.25, -0.2) is 22.2 Å². The van der Waals surface area contributed by atoms with Crippen molar-refractivity contribution in [2.24, 2.45) is 0 Å². The van der Waals surface area contributed by atoms with Gasteiger partial charge >= 0.3 is 0 Å². The Labute approximate surface area is 158 Å². The fourth-order valence-electron chi connectivity index (χ4n) is 2.51. The van der Waals surface area contributed by atoms with Crippen molar-refractivity contribution in [1.82, 2.24) is 4.98 Å². The number of aromatic nitrogens is 1. The number of benzene rings is 2. The molecule has 0 bridgehead atoms. The monoisotopic (exact) mass is 414 g/mol. The molecular weight excluding hydrogens is 402 g/mol. The minimum atomic E-state index is -3.82. The molecule has 0 aliphatic heterocycles. The summed E-state index contributed by atoms with van der Waals surface area (Å²) in [4.78, 5) is 16.6. The summed E-state index contributed by atoms with van der Waals surface area (Å²) >= 11 is 6.05. The zero-order valence-corrected chi connectivity index (χ0v) is 15.5. The Morgan fingerprint density at radius 1 is 1.30 bits per heavy atom. The van der Waals surface area contributed by atoms with Crippen LogP contribution in [0, 0.1) is 11.6 Å². The number of nitrogens with zero attached hydrogens (tertiary/aromatic N) is 1. The summed E-state index contributed by atoms with van der Waals surface area (Å²) in [7, 11) is -3.82. The number of hydrogen-bond acceptors (Lipinski definition) is 5. The van der Waals surface area contributed by atoms with Gasteiger partial charge in [0, 0.05) is 11.6 Å². The van der Waals surface area contributed by atoms with Crippen LogP contribution in [0.5, 0.6) is 0 Å². The molecule has 3 aromatic rings. The Hall–Kier alpha value is -2.52. The lowest BCUT2D eigenvalue weighted by Crippen LogP contribution is -2.18. The van der Waals surface area contributed by atoms with E-state index < -0.39 is 43.7 Å². The summed E-state index contributed by atoms with van der Waals surface area (Å²) in [6.45, 7) is 1.64. The van der Waals surface area contributed by atoms with E-state index in [0.717, 1.165) is 0 Å². The molecule has 1 N–H and O–H groups in total. The first-order chi connectivity index (χ1) is 12.7. The third-order valence-electron chi connectivity index (χ3n) is 3.71. The van der Waals surface area contributed by atoms with Gasteiger partial charge in [0.05, 0.1) is 22.0 Å². The van der Waals surface area contributed by atoms with Crippen molar-refractivity contribution in [1.29, 1.82) is 0 Å². The zero-order valence-electron chi connectivity index (χ0n) is 13.9. The van der Waals surface area contributed by atoms with Crippen molar-refractivity contribution < 1.29 is 26.4 Å². The maximum absolute atomic E-state index is 14.3. The van der Waals surface area contributed by atoms with E-state index in [4.69, 9.17) is 16.0 Å². The fourth-order valence-corrected chi connectivity index (χ4v) is 3.97. The number of halogens is 3. The number of sulfonamides is 1. The van der Waals surface area contributed by atoms with Crippen LogP contribution >= 0.6 is 11.6 Å². The number of ketones is 1. The topological polar surface area (TPSA) is 89.3 Å². The van der Waals surface area contributed by atoms with E-state index in [1.54, 1.807) is 6.92 Å². The molecule has 0 saturated carbocycles. The minimum Gasteiger partial charge on any atom is -0.443 e. The fraction of sp³-hybridized carbons (Fsp3) is 0.176. The maximum atomic E-state index is 14.3. The van der Waals surface area contributed by atoms with Crippen LogP contribution in [-0.4, -0.2) is 24.9 Å². The molecule has 0 aliphatic rings. The van der Waals surface area contributed by atoms with Gasteiger partial charge in [-0.1, -0.05) is 18.5 Å². The van der Waals surface area contributed by atoms with E-state index >= 15 is 0 Å². The minimum absolute atomic E-state index is 0.00911. The van der Waals surface area contributed by atoms with Crippen LogP contribution in [0.1, 0.15) is 29.3 Å². The second kappa shape index (κ2) is 7.24. The molecule has 142 valence electrons. The highest BCUT2D eigenvalue weighted by molar-refractivity contribution is 7.92. The number of nitrogens with one attached hydrogen (secondary N) is 1. The molecule has 0 atom stereocenters. The predicted octanol–water partition coefficient (Wildman–Crippen LogP) is 4.14. The van der Waals surface area contributed by atoms with Crippen LogP contribution in [0.15, 0.2) is 35.1 Å². The van der Waals surface area contributed by atoms with Crippen LogP contribution in [0.3, 0.4) is 0 Å². The molecule has 0 unspecified atom stereocenters. The molecule has 1 heterocycles. The van der Waals surface area contributed by atoms with Crippen LogP contribution < -0.4 is 4.72 Å². The van der Waals surface area contributed by atoms with E-state index in [-0.39, 0.29) is 11.3 Å².